The van der Waals surface area contributed by atoms with Gasteiger partial charge in [-0.05, 0) is 226 Å². The number of hydrogen-bond donors (Lipinski definition) is 3. The predicted octanol–water partition coefficient (Wildman–Crippen LogP) is 27.5. The third-order valence-corrected chi connectivity index (χ3v) is 19.8. The summed E-state index contributed by atoms with van der Waals surface area (Å²) >= 11 is 0. The fourth-order valence-corrected chi connectivity index (χ4v) is 13.2. The van der Waals surface area contributed by atoms with Crippen LogP contribution in [0, 0.1) is 5.92 Å². The Kier molecular flexibility index (Phi) is 73.2. The van der Waals surface area contributed by atoms with Gasteiger partial charge in [-0.25, -0.2) is 0 Å². The summed E-state index contributed by atoms with van der Waals surface area (Å²) in [5.41, 5.74) is -1.08. The molecule has 6 nitrogen and oxygen atoms in total. The predicted molar refractivity (Wildman–Crippen MR) is 422 cm³/mol. The molecule has 1 heterocycles. The van der Waals surface area contributed by atoms with Crippen LogP contribution < -0.4 is 0 Å². The maximum Gasteiger partial charge on any atom is 0.309 e. The molecule has 95 heavy (non-hydrogen) atoms. The molecule has 3 N–H and O–H groups in total. The first-order valence-electron chi connectivity index (χ1n) is 41.8. The average molecular weight is 1330 g/mol. The van der Waals surface area contributed by atoms with E-state index in [1.165, 1.54) is 257 Å². The Morgan fingerprint density at radius 1 is 0.326 bits per heavy atom. The van der Waals surface area contributed by atoms with Gasteiger partial charge < -0.3 is 25.0 Å². The molecular weight excluding hydrogens is 1160 g/mol. The van der Waals surface area contributed by atoms with Gasteiger partial charge in [0.15, 0.2) is 0 Å². The molecular formula is C89H163NO5. The van der Waals surface area contributed by atoms with E-state index in [1.54, 1.807) is 0 Å². The summed E-state index contributed by atoms with van der Waals surface area (Å²) in [6.45, 7) is 11.7. The van der Waals surface area contributed by atoms with Crippen LogP contribution in [0.1, 0.15) is 413 Å². The van der Waals surface area contributed by atoms with Crippen LogP contribution >= 0.6 is 0 Å². The number of likely N-dealkylation sites (tertiary alicyclic amines) is 1. The Balaban J connectivity index is 0.00000190. The van der Waals surface area contributed by atoms with Crippen molar-refractivity contribution in [1.29, 1.82) is 0 Å². The lowest BCUT2D eigenvalue weighted by molar-refractivity contribution is -0.150. The molecule has 0 amide bonds. The molecule has 0 aromatic carbocycles. The van der Waals surface area contributed by atoms with Gasteiger partial charge in [-0.1, -0.05) is 305 Å². The topological polar surface area (TPSA) is 90.2 Å². The minimum absolute atomic E-state index is 0.00829. The Morgan fingerprint density at radius 3 is 0.800 bits per heavy atom. The van der Waals surface area contributed by atoms with Gasteiger partial charge >= 0.3 is 5.97 Å². The first-order chi connectivity index (χ1) is 46.7. The van der Waals surface area contributed by atoms with Gasteiger partial charge in [-0.15, -0.1) is 0 Å². The molecule has 554 valence electrons. The molecule has 0 spiro atoms. The van der Waals surface area contributed by atoms with E-state index < -0.39 is 11.2 Å². The van der Waals surface area contributed by atoms with Crippen LogP contribution in [0.25, 0.3) is 0 Å². The third kappa shape index (κ3) is 69.5. The standard InChI is InChI=1S/C48H87NO3.C41H76O2/c1-4-6-8-10-12-14-16-18-20-22-24-26-28-30-32-34-40-48(51,42-36-37-45-52-47(50)46-38-43-49(3)44-39-46)41-35-33-31-29-27-25-23-21-19-17-15-13-11-9-7-5-2;1-3-5-7-9-11-13-15-17-19-21-23-25-27-29-31-33-37-41(43,39-35-36-40-42)38-34-32-30-28-26-24-22-20-18-16-14-12-10-8-6-4-2/h12-15,18-21,46,51H,4-11,16-17,22-45H2,1-3H3;11-14,17-20,42-43H,3-10,15-16,21-40H2,1-2H3/b14-12-,15-13-,20-18-,21-19-;13-11-,14-12-,19-17-,20-18-. The van der Waals surface area contributed by atoms with Crippen molar-refractivity contribution in [3.8, 4) is 0 Å². The minimum atomic E-state index is -0.567. The second-order valence-corrected chi connectivity index (χ2v) is 29.2. The number of aliphatic hydroxyl groups is 3. The van der Waals surface area contributed by atoms with E-state index in [1.807, 2.05) is 0 Å². The SMILES string of the molecule is CCCCC/C=C\C/C=C\CCCCCCCCC(O)(CCCCCCCC/C=C\C/C=C\CCCCC)CCCCOC(=O)C1CCN(C)CC1.CCCCC/C=C\C/C=C\CCCCCCCCC(O)(CCCCO)CCCCCCCC/C=C\C/C=C\CCCCC. The zero-order valence-electron chi connectivity index (χ0n) is 64.2. The zero-order chi connectivity index (χ0) is 69.0. The maximum atomic E-state index is 12.5. The summed E-state index contributed by atoms with van der Waals surface area (Å²) in [7, 11) is 2.12. The van der Waals surface area contributed by atoms with E-state index in [0.717, 1.165) is 142 Å². The molecule has 1 rings (SSSR count). The van der Waals surface area contributed by atoms with Gasteiger partial charge in [0.2, 0.25) is 0 Å². The van der Waals surface area contributed by atoms with E-state index in [-0.39, 0.29) is 18.5 Å². The Labute approximate surface area is 593 Å². The molecule has 6 heteroatoms. The number of esters is 1. The van der Waals surface area contributed by atoms with Crippen LogP contribution in [0.2, 0.25) is 0 Å². The Morgan fingerprint density at radius 2 is 0.547 bits per heavy atom. The van der Waals surface area contributed by atoms with Crippen LogP contribution in [-0.2, 0) is 9.53 Å². The number of hydrogen-bond acceptors (Lipinski definition) is 6. The number of carbonyl (C=O) groups excluding carboxylic acids is 1. The van der Waals surface area contributed by atoms with E-state index in [2.05, 4.69) is 137 Å². The van der Waals surface area contributed by atoms with Crippen molar-refractivity contribution in [2.24, 2.45) is 5.92 Å². The van der Waals surface area contributed by atoms with Crippen LogP contribution in [0.4, 0.5) is 0 Å². The third-order valence-electron chi connectivity index (χ3n) is 19.8. The van der Waals surface area contributed by atoms with Crippen LogP contribution in [-0.4, -0.2) is 70.7 Å². The number of piperidine rings is 1. The quantitative estimate of drug-likeness (QED) is 0.0319. The number of unbranched alkanes of at least 4 members (excludes halogenated alkanes) is 38. The molecule has 0 bridgehead atoms. The molecule has 0 aromatic heterocycles. The molecule has 1 aliphatic heterocycles. The van der Waals surface area contributed by atoms with Crippen LogP contribution in [0.3, 0.4) is 0 Å². The summed E-state index contributed by atoms with van der Waals surface area (Å²) in [5.74, 6) is 0.0618. The van der Waals surface area contributed by atoms with Gasteiger partial charge in [-0.3, -0.25) is 4.79 Å². The van der Waals surface area contributed by atoms with Gasteiger partial charge in [-0.2, -0.15) is 0 Å². The van der Waals surface area contributed by atoms with Crippen molar-refractivity contribution in [2.45, 2.75) is 424 Å². The average Bonchev–Trinajstić information content (AvgIpc) is 1.57. The molecule has 0 aromatic rings. The first kappa shape index (κ1) is 92.2. The van der Waals surface area contributed by atoms with Crippen molar-refractivity contribution in [1.82, 2.24) is 4.90 Å². The van der Waals surface area contributed by atoms with Gasteiger partial charge in [0.25, 0.3) is 0 Å². The number of carbonyl (C=O) groups is 1. The molecule has 1 fully saturated rings. The lowest BCUT2D eigenvalue weighted by atomic mass is 9.85. The normalized spacial score (nSPS) is 14.0. The summed E-state index contributed by atoms with van der Waals surface area (Å²) in [5, 5.41) is 32.3. The van der Waals surface area contributed by atoms with Gasteiger partial charge in [0, 0.05) is 6.61 Å². The Bertz CT molecular complexity index is 1700. The fraction of sp³-hybridized carbons (Fsp3) is 0.809. The summed E-state index contributed by atoms with van der Waals surface area (Å²) in [6, 6.07) is 0. The van der Waals surface area contributed by atoms with Crippen molar-refractivity contribution < 1.29 is 24.9 Å². The molecule has 0 radical (unpaired) electrons. The number of nitrogens with zero attached hydrogens (tertiary/aromatic N) is 1. The van der Waals surface area contributed by atoms with E-state index in [4.69, 9.17) is 4.74 Å². The van der Waals surface area contributed by atoms with Crippen molar-refractivity contribution >= 4 is 5.97 Å². The van der Waals surface area contributed by atoms with E-state index in [0.29, 0.717) is 6.61 Å². The summed E-state index contributed by atoms with van der Waals surface area (Å²) in [4.78, 5) is 14.8. The van der Waals surface area contributed by atoms with Crippen molar-refractivity contribution in [2.75, 3.05) is 33.4 Å². The number of ether oxygens (including phenoxy) is 1. The second kappa shape index (κ2) is 75.4. The molecule has 0 atom stereocenters. The van der Waals surface area contributed by atoms with E-state index in [9.17, 15) is 20.1 Å². The van der Waals surface area contributed by atoms with Crippen molar-refractivity contribution in [3.05, 3.63) is 97.2 Å². The first-order valence-corrected chi connectivity index (χ1v) is 41.8. The highest BCUT2D eigenvalue weighted by Gasteiger charge is 2.28. The number of allylic oxidation sites excluding steroid dienone is 16. The molecule has 1 saturated heterocycles. The van der Waals surface area contributed by atoms with Crippen LogP contribution in [0.15, 0.2) is 97.2 Å². The highest BCUT2D eigenvalue weighted by molar-refractivity contribution is 5.72. The zero-order valence-corrected chi connectivity index (χ0v) is 64.2. The molecule has 0 unspecified atom stereocenters. The minimum Gasteiger partial charge on any atom is -0.465 e. The van der Waals surface area contributed by atoms with Crippen molar-refractivity contribution in [3.63, 3.8) is 0 Å². The van der Waals surface area contributed by atoms with E-state index >= 15 is 0 Å². The largest absolute Gasteiger partial charge is 0.465 e. The summed E-state index contributed by atoms with van der Waals surface area (Å²) < 4.78 is 5.67. The monoisotopic (exact) mass is 1330 g/mol. The molecule has 1 aliphatic rings. The fourth-order valence-electron chi connectivity index (χ4n) is 13.2. The highest BCUT2D eigenvalue weighted by Crippen LogP contribution is 2.31. The Hall–Kier alpha value is -2.77. The smallest absolute Gasteiger partial charge is 0.309 e. The van der Waals surface area contributed by atoms with Crippen LogP contribution in [0.5, 0.6) is 0 Å². The second-order valence-electron chi connectivity index (χ2n) is 29.2. The lowest BCUT2D eigenvalue weighted by Gasteiger charge is -2.29. The summed E-state index contributed by atoms with van der Waals surface area (Å²) in [6.07, 6.45) is 108. The lowest BCUT2D eigenvalue weighted by Crippen LogP contribution is -2.34. The molecule has 0 saturated carbocycles. The van der Waals surface area contributed by atoms with Gasteiger partial charge in [0.05, 0.1) is 23.7 Å². The maximum absolute atomic E-state index is 12.5. The highest BCUT2D eigenvalue weighted by atomic mass is 16.5. The molecule has 0 aliphatic carbocycles. The van der Waals surface area contributed by atoms with Gasteiger partial charge in [0.1, 0.15) is 0 Å². The number of aliphatic hydroxyl groups excluding tert-OH is 1. The number of rotatable bonds is 70.